The third kappa shape index (κ3) is 1.50. The molecular weight excluding hydrogens is 196 g/mol. The van der Waals surface area contributed by atoms with Crippen molar-refractivity contribution in [2.75, 3.05) is 12.8 Å². The summed E-state index contributed by atoms with van der Waals surface area (Å²) < 4.78 is 6.03. The minimum absolute atomic E-state index is 0.183. The Kier molecular flexibility index (Phi) is 2.03. The van der Waals surface area contributed by atoms with E-state index in [-0.39, 0.29) is 5.69 Å². The Morgan fingerprint density at radius 2 is 2.27 bits per heavy atom. The second-order valence-corrected chi connectivity index (χ2v) is 3.11. The second-order valence-electron chi connectivity index (χ2n) is 3.11. The molecule has 0 amide bonds. The molecule has 6 heteroatoms. The summed E-state index contributed by atoms with van der Waals surface area (Å²) in [4.78, 5) is 15.3. The topological polar surface area (TPSA) is 82.5 Å². The first-order chi connectivity index (χ1) is 7.11. The van der Waals surface area contributed by atoms with Gasteiger partial charge in [-0.1, -0.05) is 0 Å². The zero-order chi connectivity index (χ0) is 11.0. The Balaban J connectivity index is 2.66. The van der Waals surface area contributed by atoms with Crippen molar-refractivity contribution in [1.29, 1.82) is 0 Å². The number of methoxy groups -OCH3 is 1. The van der Waals surface area contributed by atoms with E-state index >= 15 is 0 Å². The van der Waals surface area contributed by atoms with Gasteiger partial charge in [-0.3, -0.25) is 0 Å². The van der Waals surface area contributed by atoms with Gasteiger partial charge in [0.05, 0.1) is 12.8 Å². The molecule has 2 aromatic rings. The van der Waals surface area contributed by atoms with Gasteiger partial charge in [0, 0.05) is 12.1 Å². The van der Waals surface area contributed by atoms with Crippen LogP contribution in [0, 0.1) is 6.92 Å². The third-order valence-electron chi connectivity index (χ3n) is 1.97. The number of aromatic nitrogens is 3. The first-order valence-corrected chi connectivity index (χ1v) is 4.33. The van der Waals surface area contributed by atoms with E-state index < -0.39 is 5.97 Å². The van der Waals surface area contributed by atoms with E-state index in [1.165, 1.54) is 17.7 Å². The number of carbonyl (C=O) groups excluding carboxylic acids is 1. The lowest BCUT2D eigenvalue weighted by atomic mass is 10.4. The smallest absolute Gasteiger partial charge is 0.356 e. The minimum atomic E-state index is -0.511. The molecule has 15 heavy (non-hydrogen) atoms. The van der Waals surface area contributed by atoms with Gasteiger partial charge in [0.25, 0.3) is 0 Å². The number of fused-ring (bicyclic) bond motifs is 1. The SMILES string of the molecule is COC(=O)c1cc(N)n2nc(C)cc2n1. The molecule has 2 N–H and O–H groups in total. The highest BCUT2D eigenvalue weighted by Crippen LogP contribution is 2.11. The molecule has 0 bridgehead atoms. The van der Waals surface area contributed by atoms with Crippen LogP contribution < -0.4 is 5.73 Å². The highest BCUT2D eigenvalue weighted by Gasteiger charge is 2.11. The van der Waals surface area contributed by atoms with Crippen molar-refractivity contribution in [2.45, 2.75) is 6.92 Å². The molecule has 6 nitrogen and oxygen atoms in total. The van der Waals surface area contributed by atoms with Gasteiger partial charge >= 0.3 is 5.97 Å². The van der Waals surface area contributed by atoms with E-state index in [9.17, 15) is 4.79 Å². The fraction of sp³-hybridized carbons (Fsp3) is 0.222. The number of anilines is 1. The maximum absolute atomic E-state index is 11.2. The summed E-state index contributed by atoms with van der Waals surface area (Å²) in [7, 11) is 1.30. The molecule has 0 aliphatic rings. The van der Waals surface area contributed by atoms with E-state index in [0.29, 0.717) is 11.5 Å². The number of hydrogen-bond acceptors (Lipinski definition) is 5. The monoisotopic (exact) mass is 206 g/mol. The number of nitrogens with zero attached hydrogens (tertiary/aromatic N) is 3. The fourth-order valence-electron chi connectivity index (χ4n) is 1.32. The molecule has 2 aromatic heterocycles. The van der Waals surface area contributed by atoms with Crippen molar-refractivity contribution in [3.8, 4) is 0 Å². The van der Waals surface area contributed by atoms with Crippen molar-refractivity contribution >= 4 is 17.4 Å². The van der Waals surface area contributed by atoms with Crippen molar-refractivity contribution in [3.63, 3.8) is 0 Å². The molecule has 0 aromatic carbocycles. The van der Waals surface area contributed by atoms with Crippen LogP contribution in [0.2, 0.25) is 0 Å². The molecule has 0 atom stereocenters. The lowest BCUT2D eigenvalue weighted by molar-refractivity contribution is 0.0594. The summed E-state index contributed by atoms with van der Waals surface area (Å²) in [5, 5.41) is 4.12. The van der Waals surface area contributed by atoms with Crippen LogP contribution in [0.15, 0.2) is 12.1 Å². The first-order valence-electron chi connectivity index (χ1n) is 4.33. The van der Waals surface area contributed by atoms with Crippen LogP contribution in [0.25, 0.3) is 5.65 Å². The Bertz CT molecular complexity index is 532. The average Bonchev–Trinajstić information content (AvgIpc) is 2.58. The number of hydrogen-bond donors (Lipinski definition) is 1. The van der Waals surface area contributed by atoms with Crippen LogP contribution in [0.1, 0.15) is 16.2 Å². The molecule has 0 aliphatic carbocycles. The van der Waals surface area contributed by atoms with Crippen LogP contribution in [-0.2, 0) is 4.74 Å². The number of nitrogen functional groups attached to an aromatic ring is 1. The van der Waals surface area contributed by atoms with Crippen LogP contribution in [0.3, 0.4) is 0 Å². The van der Waals surface area contributed by atoms with Crippen LogP contribution >= 0.6 is 0 Å². The maximum atomic E-state index is 11.2. The van der Waals surface area contributed by atoms with Crippen molar-refractivity contribution in [3.05, 3.63) is 23.5 Å². The van der Waals surface area contributed by atoms with Crippen LogP contribution in [0.4, 0.5) is 5.82 Å². The van der Waals surface area contributed by atoms with Crippen LogP contribution in [0.5, 0.6) is 0 Å². The van der Waals surface area contributed by atoms with Gasteiger partial charge in [-0.2, -0.15) is 9.61 Å². The molecule has 2 rings (SSSR count). The molecule has 0 saturated heterocycles. The molecule has 0 spiro atoms. The van der Waals surface area contributed by atoms with Crippen LogP contribution in [-0.4, -0.2) is 27.7 Å². The molecule has 0 saturated carbocycles. The summed E-state index contributed by atoms with van der Waals surface area (Å²) >= 11 is 0. The molecule has 78 valence electrons. The Morgan fingerprint density at radius 3 is 2.93 bits per heavy atom. The molecule has 0 radical (unpaired) electrons. The van der Waals surface area contributed by atoms with Gasteiger partial charge in [0.1, 0.15) is 5.82 Å². The highest BCUT2D eigenvalue weighted by molar-refractivity contribution is 5.88. The third-order valence-corrected chi connectivity index (χ3v) is 1.97. The lowest BCUT2D eigenvalue weighted by Crippen LogP contribution is -2.08. The lowest BCUT2D eigenvalue weighted by Gasteiger charge is -2.01. The van der Waals surface area contributed by atoms with E-state index in [1.54, 1.807) is 6.07 Å². The van der Waals surface area contributed by atoms with Crippen molar-refractivity contribution in [1.82, 2.24) is 14.6 Å². The normalized spacial score (nSPS) is 10.5. The summed E-state index contributed by atoms with van der Waals surface area (Å²) in [5.74, 6) is -0.156. The zero-order valence-electron chi connectivity index (χ0n) is 8.39. The van der Waals surface area contributed by atoms with Gasteiger partial charge in [-0.15, -0.1) is 0 Å². The van der Waals surface area contributed by atoms with Gasteiger partial charge in [0.15, 0.2) is 11.3 Å². The Hall–Kier alpha value is -2.11. The van der Waals surface area contributed by atoms with Gasteiger partial charge in [0.2, 0.25) is 0 Å². The molecule has 0 aliphatic heterocycles. The number of rotatable bonds is 1. The van der Waals surface area contributed by atoms with Gasteiger partial charge in [-0.25, -0.2) is 9.78 Å². The number of esters is 1. The van der Waals surface area contributed by atoms with Crippen molar-refractivity contribution in [2.24, 2.45) is 0 Å². The number of ether oxygens (including phenoxy) is 1. The Labute approximate surface area is 85.7 Å². The van der Waals surface area contributed by atoms with Gasteiger partial charge in [-0.05, 0) is 6.92 Å². The highest BCUT2D eigenvalue weighted by atomic mass is 16.5. The minimum Gasteiger partial charge on any atom is -0.464 e. The first kappa shape index (κ1) is 9.45. The molecule has 0 unspecified atom stereocenters. The van der Waals surface area contributed by atoms with Crippen molar-refractivity contribution < 1.29 is 9.53 Å². The fourth-order valence-corrected chi connectivity index (χ4v) is 1.32. The second kappa shape index (κ2) is 3.23. The average molecular weight is 206 g/mol. The number of nitrogens with two attached hydrogens (primary N) is 1. The number of carbonyl (C=O) groups is 1. The van der Waals surface area contributed by atoms with E-state index in [1.807, 2.05) is 6.92 Å². The standard InChI is InChI=1S/C9H10N4O2/c1-5-3-8-11-6(9(14)15-2)4-7(10)13(8)12-5/h3-4H,10H2,1-2H3. The molecule has 2 heterocycles. The van der Waals surface area contributed by atoms with Gasteiger partial charge < -0.3 is 10.5 Å². The largest absolute Gasteiger partial charge is 0.464 e. The Morgan fingerprint density at radius 1 is 1.53 bits per heavy atom. The summed E-state index contributed by atoms with van der Waals surface area (Å²) in [6.07, 6.45) is 0. The summed E-state index contributed by atoms with van der Waals surface area (Å²) in [6.45, 7) is 1.83. The zero-order valence-corrected chi connectivity index (χ0v) is 8.39. The maximum Gasteiger partial charge on any atom is 0.356 e. The summed E-state index contributed by atoms with van der Waals surface area (Å²) in [5.41, 5.74) is 7.22. The number of aryl methyl sites for hydroxylation is 1. The predicted molar refractivity (Wildman–Crippen MR) is 53.5 cm³/mol. The molecular formula is C9H10N4O2. The molecule has 0 fully saturated rings. The van der Waals surface area contributed by atoms with E-state index in [0.717, 1.165) is 5.69 Å². The quantitative estimate of drug-likeness (QED) is 0.683. The summed E-state index contributed by atoms with van der Waals surface area (Å²) in [6, 6.07) is 3.17. The predicted octanol–water partition coefficient (Wildman–Crippen LogP) is 0.407. The van der Waals surface area contributed by atoms with E-state index in [4.69, 9.17) is 5.73 Å². The van der Waals surface area contributed by atoms with E-state index in [2.05, 4.69) is 14.8 Å².